The smallest absolute Gasteiger partial charge is 0.124 e. The number of hydrogen-bond donors (Lipinski definition) is 0. The standard InChI is InChI=1S/C6H12NOS/c1-6(2)5-9(8)4-3-7-6/h3-5H2,1-2H3. The molecule has 1 rings (SSSR count). The topological polar surface area (TPSA) is 37.2 Å². The third kappa shape index (κ3) is 2.16. The van der Waals surface area contributed by atoms with Crippen LogP contribution in [0, 0.1) is 0 Å². The summed E-state index contributed by atoms with van der Waals surface area (Å²) in [6.07, 6.45) is 0. The molecule has 1 fully saturated rings. The van der Waals surface area contributed by atoms with Crippen molar-refractivity contribution in [1.29, 1.82) is 0 Å². The fourth-order valence-corrected chi connectivity index (χ4v) is 2.28. The van der Waals surface area contributed by atoms with Gasteiger partial charge in [0.25, 0.3) is 0 Å². The van der Waals surface area contributed by atoms with E-state index >= 15 is 0 Å². The highest BCUT2D eigenvalue weighted by Crippen LogP contribution is 2.12. The van der Waals surface area contributed by atoms with Gasteiger partial charge in [-0.1, -0.05) is 11.2 Å². The van der Waals surface area contributed by atoms with Gasteiger partial charge in [-0.15, -0.1) is 0 Å². The van der Waals surface area contributed by atoms with Gasteiger partial charge in [-0.2, -0.15) is 0 Å². The van der Waals surface area contributed by atoms with E-state index in [0.717, 1.165) is 18.1 Å². The predicted molar refractivity (Wildman–Crippen MR) is 39.0 cm³/mol. The lowest BCUT2D eigenvalue weighted by molar-refractivity contribution is 0.409. The van der Waals surface area contributed by atoms with Crippen LogP contribution in [0.15, 0.2) is 0 Å². The fourth-order valence-electron chi connectivity index (χ4n) is 0.962. The molecular weight excluding hydrogens is 134 g/mol. The Labute approximate surface area is 59.2 Å². The Balaban J connectivity index is 2.41. The largest absolute Gasteiger partial charge is 0.616 e. The molecule has 0 aromatic heterocycles. The molecule has 1 heterocycles. The van der Waals surface area contributed by atoms with Crippen LogP contribution in [0.4, 0.5) is 0 Å². The molecule has 0 bridgehead atoms. The number of nitrogens with zero attached hydrogens (tertiary/aromatic N) is 1. The summed E-state index contributed by atoms with van der Waals surface area (Å²) in [5, 5.41) is 4.32. The quantitative estimate of drug-likeness (QED) is 0.448. The molecule has 0 aliphatic carbocycles. The first-order valence-electron chi connectivity index (χ1n) is 3.14. The molecule has 1 saturated heterocycles. The van der Waals surface area contributed by atoms with Gasteiger partial charge in [0.05, 0.1) is 12.1 Å². The van der Waals surface area contributed by atoms with Crippen molar-refractivity contribution in [1.82, 2.24) is 5.32 Å². The van der Waals surface area contributed by atoms with Gasteiger partial charge in [0.2, 0.25) is 0 Å². The minimum absolute atomic E-state index is 0.0247. The van der Waals surface area contributed by atoms with Crippen molar-refractivity contribution in [2.75, 3.05) is 18.1 Å². The Morgan fingerprint density at radius 2 is 2.22 bits per heavy atom. The van der Waals surface area contributed by atoms with Crippen LogP contribution in [0.5, 0.6) is 0 Å². The normalized spacial score (nSPS) is 34.3. The van der Waals surface area contributed by atoms with Crippen LogP contribution in [-0.2, 0) is 11.2 Å². The second-order valence-corrected chi connectivity index (χ2v) is 4.56. The molecular formula is C6H12NOS. The van der Waals surface area contributed by atoms with Crippen LogP contribution in [0.2, 0.25) is 0 Å². The van der Waals surface area contributed by atoms with E-state index < -0.39 is 11.2 Å². The van der Waals surface area contributed by atoms with E-state index in [1.165, 1.54) is 0 Å². The third-order valence-electron chi connectivity index (χ3n) is 1.37. The van der Waals surface area contributed by atoms with Crippen LogP contribution in [0.25, 0.3) is 0 Å². The third-order valence-corrected chi connectivity index (χ3v) is 3.04. The average molecular weight is 146 g/mol. The fraction of sp³-hybridized carbons (Fsp3) is 1.00. The zero-order valence-electron chi connectivity index (χ0n) is 5.89. The van der Waals surface area contributed by atoms with E-state index in [0.29, 0.717) is 0 Å². The van der Waals surface area contributed by atoms with Crippen molar-refractivity contribution in [3.05, 3.63) is 0 Å². The van der Waals surface area contributed by atoms with E-state index in [1.807, 2.05) is 13.8 Å². The van der Waals surface area contributed by atoms with E-state index in [2.05, 4.69) is 5.32 Å². The molecule has 0 aromatic rings. The van der Waals surface area contributed by atoms with Crippen molar-refractivity contribution in [3.8, 4) is 0 Å². The van der Waals surface area contributed by atoms with Gasteiger partial charge >= 0.3 is 0 Å². The molecule has 1 atom stereocenters. The van der Waals surface area contributed by atoms with Crippen LogP contribution < -0.4 is 5.32 Å². The van der Waals surface area contributed by atoms with E-state index in [1.54, 1.807) is 0 Å². The van der Waals surface area contributed by atoms with Crippen LogP contribution in [-0.4, -0.2) is 28.1 Å². The molecule has 3 heteroatoms. The second-order valence-electron chi connectivity index (χ2n) is 2.98. The lowest BCUT2D eigenvalue weighted by Gasteiger charge is -2.29. The SMILES string of the molecule is CC1(C)C[S+]([O-])CC[N]1. The Bertz CT molecular complexity index is 105. The molecule has 0 spiro atoms. The summed E-state index contributed by atoms with van der Waals surface area (Å²) in [4.78, 5) is 0. The van der Waals surface area contributed by atoms with Gasteiger partial charge in [-0.05, 0) is 13.8 Å². The molecule has 0 saturated carbocycles. The second kappa shape index (κ2) is 2.48. The average Bonchev–Trinajstić information content (AvgIpc) is 1.60. The Hall–Kier alpha value is 0.270. The number of rotatable bonds is 0. The van der Waals surface area contributed by atoms with Gasteiger partial charge < -0.3 is 4.55 Å². The molecule has 1 aliphatic heterocycles. The van der Waals surface area contributed by atoms with Gasteiger partial charge in [0, 0.05) is 0 Å². The summed E-state index contributed by atoms with van der Waals surface area (Å²) < 4.78 is 10.9. The van der Waals surface area contributed by atoms with Gasteiger partial charge in [-0.3, -0.25) is 0 Å². The molecule has 2 nitrogen and oxygen atoms in total. The molecule has 1 unspecified atom stereocenters. The summed E-state index contributed by atoms with van der Waals surface area (Å²) in [7, 11) is 0. The van der Waals surface area contributed by atoms with E-state index in [4.69, 9.17) is 0 Å². The monoisotopic (exact) mass is 146 g/mol. The van der Waals surface area contributed by atoms with Crippen molar-refractivity contribution in [2.45, 2.75) is 19.4 Å². The molecule has 1 aliphatic rings. The highest BCUT2D eigenvalue weighted by molar-refractivity contribution is 7.91. The molecule has 0 aromatic carbocycles. The first-order valence-corrected chi connectivity index (χ1v) is 4.63. The first kappa shape index (κ1) is 7.38. The van der Waals surface area contributed by atoms with Crippen LogP contribution in [0.3, 0.4) is 0 Å². The Morgan fingerprint density at radius 3 is 2.56 bits per heavy atom. The summed E-state index contributed by atoms with van der Waals surface area (Å²) >= 11 is -0.603. The lowest BCUT2D eigenvalue weighted by atomic mass is 10.1. The van der Waals surface area contributed by atoms with Crippen molar-refractivity contribution in [3.63, 3.8) is 0 Å². The van der Waals surface area contributed by atoms with Crippen molar-refractivity contribution >= 4 is 11.2 Å². The van der Waals surface area contributed by atoms with Crippen LogP contribution in [0.1, 0.15) is 13.8 Å². The van der Waals surface area contributed by atoms with Crippen molar-refractivity contribution < 1.29 is 4.55 Å². The minimum Gasteiger partial charge on any atom is -0.616 e. The summed E-state index contributed by atoms with van der Waals surface area (Å²) in [5.41, 5.74) is -0.0247. The Kier molecular flexibility index (Phi) is 2.03. The molecule has 9 heavy (non-hydrogen) atoms. The summed E-state index contributed by atoms with van der Waals surface area (Å²) in [6, 6.07) is 0. The van der Waals surface area contributed by atoms with E-state index in [9.17, 15) is 4.55 Å². The van der Waals surface area contributed by atoms with Gasteiger partial charge in [0.15, 0.2) is 0 Å². The first-order chi connectivity index (χ1) is 4.10. The maximum absolute atomic E-state index is 10.9. The summed E-state index contributed by atoms with van der Waals surface area (Å²) in [5.74, 6) is 1.51. The van der Waals surface area contributed by atoms with E-state index in [-0.39, 0.29) is 5.54 Å². The Morgan fingerprint density at radius 1 is 1.56 bits per heavy atom. The summed E-state index contributed by atoms with van der Waals surface area (Å²) in [6.45, 7) is 4.84. The highest BCUT2D eigenvalue weighted by atomic mass is 32.2. The number of hydrogen-bond acceptors (Lipinski definition) is 1. The maximum atomic E-state index is 10.9. The van der Waals surface area contributed by atoms with Crippen molar-refractivity contribution in [2.24, 2.45) is 0 Å². The highest BCUT2D eigenvalue weighted by Gasteiger charge is 2.30. The zero-order valence-corrected chi connectivity index (χ0v) is 6.70. The maximum Gasteiger partial charge on any atom is 0.124 e. The predicted octanol–water partition coefficient (Wildman–Crippen LogP) is 0.132. The zero-order chi connectivity index (χ0) is 6.91. The molecule has 1 radical (unpaired) electrons. The van der Waals surface area contributed by atoms with Crippen LogP contribution >= 0.6 is 0 Å². The minimum atomic E-state index is -0.603. The molecule has 0 amide bonds. The molecule has 53 valence electrons. The molecule has 0 N–H and O–H groups in total. The lowest BCUT2D eigenvalue weighted by Crippen LogP contribution is -2.47. The van der Waals surface area contributed by atoms with Gasteiger partial charge in [0.1, 0.15) is 11.5 Å². The van der Waals surface area contributed by atoms with Gasteiger partial charge in [-0.25, -0.2) is 5.32 Å².